The number of carbonyl (C=O) groups excluding carboxylic acids is 1. The Morgan fingerprint density at radius 2 is 1.67 bits per heavy atom. The van der Waals surface area contributed by atoms with Gasteiger partial charge in [0, 0.05) is 17.5 Å². The van der Waals surface area contributed by atoms with Crippen LogP contribution in [0.5, 0.6) is 0 Å². The van der Waals surface area contributed by atoms with Crippen LogP contribution in [0, 0.1) is 0 Å². The highest BCUT2D eigenvalue weighted by atomic mass is 16.4. The Hall–Kier alpha value is -4.13. The first-order valence-corrected chi connectivity index (χ1v) is 9.34. The van der Waals surface area contributed by atoms with E-state index in [-0.39, 0.29) is 18.3 Å². The number of carbonyl (C=O) groups is 2. The average Bonchev–Trinajstić information content (AvgIpc) is 2.73. The number of guanidine groups is 1. The zero-order valence-corrected chi connectivity index (χ0v) is 16.2. The van der Waals surface area contributed by atoms with Crippen molar-refractivity contribution in [1.29, 1.82) is 0 Å². The second-order valence-electron chi connectivity index (χ2n) is 6.64. The number of aryl methyl sites for hydroxylation is 1. The van der Waals surface area contributed by atoms with Gasteiger partial charge in [-0.15, -0.1) is 0 Å². The number of nitrogens with one attached hydrogen (secondary N) is 1. The maximum Gasteiger partial charge on any atom is 0.303 e. The minimum atomic E-state index is -0.901. The number of amides is 1. The van der Waals surface area contributed by atoms with E-state index in [1.54, 1.807) is 24.3 Å². The predicted molar refractivity (Wildman–Crippen MR) is 118 cm³/mol. The van der Waals surface area contributed by atoms with E-state index in [1.807, 2.05) is 48.5 Å². The molecular weight excluding hydrogens is 380 g/mol. The van der Waals surface area contributed by atoms with Crippen LogP contribution in [0.1, 0.15) is 22.3 Å². The van der Waals surface area contributed by atoms with Crippen molar-refractivity contribution < 1.29 is 14.7 Å². The quantitative estimate of drug-likeness (QED) is 0.355. The zero-order valence-electron chi connectivity index (χ0n) is 16.2. The number of benzene rings is 3. The van der Waals surface area contributed by atoms with Gasteiger partial charge in [-0.05, 0) is 35.7 Å². The lowest BCUT2D eigenvalue weighted by atomic mass is 9.97. The van der Waals surface area contributed by atoms with Crippen molar-refractivity contribution in [3.05, 3.63) is 83.9 Å². The fraction of sp³-hybridized carbons (Fsp3) is 0.0870. The summed E-state index contributed by atoms with van der Waals surface area (Å²) >= 11 is 0. The summed E-state index contributed by atoms with van der Waals surface area (Å²) in [6.07, 6.45) is 0.251. The smallest absolute Gasteiger partial charge is 0.303 e. The summed E-state index contributed by atoms with van der Waals surface area (Å²) in [5.41, 5.74) is 14.7. The highest BCUT2D eigenvalue weighted by molar-refractivity contribution is 6.07. The maximum absolute atomic E-state index is 13.0. The molecule has 0 fully saturated rings. The predicted octanol–water partition coefficient (Wildman–Crippen LogP) is 3.53. The number of hydrogen-bond acceptors (Lipinski definition) is 3. The Balaban J connectivity index is 2.00. The van der Waals surface area contributed by atoms with Crippen LogP contribution in [0.25, 0.3) is 11.1 Å². The number of rotatable bonds is 7. The van der Waals surface area contributed by atoms with Crippen LogP contribution in [-0.4, -0.2) is 22.9 Å². The lowest BCUT2D eigenvalue weighted by molar-refractivity contribution is -0.136. The molecule has 0 saturated heterocycles. The molecule has 6 N–H and O–H groups in total. The lowest BCUT2D eigenvalue weighted by Gasteiger charge is -2.16. The number of carboxylic acid groups (broad SMARTS) is 1. The number of carboxylic acids is 1. The molecular formula is C23H22N4O3. The number of anilines is 1. The molecule has 1 amide bonds. The standard InChI is InChI=1S/C23H22N4O3/c24-23(25)26-18-10-4-9-17(14-18)22(30)27-21-16(12-13-20(28)29)8-5-11-19(21)15-6-2-1-3-7-15/h1-11,14H,12-13H2,(H,27,30)(H,28,29)(H4,24,25,26). The van der Waals surface area contributed by atoms with Gasteiger partial charge in [-0.25, -0.2) is 4.99 Å². The Morgan fingerprint density at radius 3 is 2.37 bits per heavy atom. The zero-order chi connectivity index (χ0) is 21.5. The number of aliphatic imine (C=N–C) groups is 1. The van der Waals surface area contributed by atoms with Crippen LogP contribution in [0.15, 0.2) is 77.8 Å². The molecule has 152 valence electrons. The van der Waals surface area contributed by atoms with E-state index in [0.717, 1.165) is 16.7 Å². The van der Waals surface area contributed by atoms with Gasteiger partial charge in [0.05, 0.1) is 11.4 Å². The Morgan fingerprint density at radius 1 is 0.933 bits per heavy atom. The molecule has 0 saturated carbocycles. The van der Waals surface area contributed by atoms with Crippen LogP contribution in [-0.2, 0) is 11.2 Å². The van der Waals surface area contributed by atoms with E-state index in [2.05, 4.69) is 10.3 Å². The van der Waals surface area contributed by atoms with Gasteiger partial charge in [0.1, 0.15) is 0 Å². The number of nitrogens with zero attached hydrogens (tertiary/aromatic N) is 1. The molecule has 0 radical (unpaired) electrons. The molecule has 0 spiro atoms. The summed E-state index contributed by atoms with van der Waals surface area (Å²) in [5, 5.41) is 12.0. The molecule has 0 aliphatic heterocycles. The van der Waals surface area contributed by atoms with Gasteiger partial charge in [0.2, 0.25) is 0 Å². The summed E-state index contributed by atoms with van der Waals surface area (Å²) in [7, 11) is 0. The second kappa shape index (κ2) is 9.38. The van der Waals surface area contributed by atoms with Crippen molar-refractivity contribution in [3.63, 3.8) is 0 Å². The highest BCUT2D eigenvalue weighted by Crippen LogP contribution is 2.32. The minimum absolute atomic E-state index is 0.0406. The van der Waals surface area contributed by atoms with Crippen LogP contribution >= 0.6 is 0 Å². The fourth-order valence-electron chi connectivity index (χ4n) is 3.11. The first-order chi connectivity index (χ1) is 14.4. The normalized spacial score (nSPS) is 10.3. The number of para-hydroxylation sites is 1. The number of aliphatic carboxylic acids is 1. The van der Waals surface area contributed by atoms with Gasteiger partial charge in [0.15, 0.2) is 5.96 Å². The molecule has 0 aliphatic rings. The molecule has 7 nitrogen and oxygen atoms in total. The third-order valence-corrected chi connectivity index (χ3v) is 4.45. The van der Waals surface area contributed by atoms with Crippen molar-refractivity contribution in [2.45, 2.75) is 12.8 Å². The van der Waals surface area contributed by atoms with Crippen LogP contribution in [0.2, 0.25) is 0 Å². The average molecular weight is 402 g/mol. The largest absolute Gasteiger partial charge is 0.481 e. The lowest BCUT2D eigenvalue weighted by Crippen LogP contribution is -2.22. The first-order valence-electron chi connectivity index (χ1n) is 9.34. The van der Waals surface area contributed by atoms with E-state index in [0.29, 0.717) is 23.4 Å². The van der Waals surface area contributed by atoms with Crippen LogP contribution in [0.3, 0.4) is 0 Å². The molecule has 0 aromatic heterocycles. The molecule has 3 aromatic rings. The molecule has 7 heteroatoms. The molecule has 3 rings (SSSR count). The monoisotopic (exact) mass is 402 g/mol. The van der Waals surface area contributed by atoms with Crippen molar-refractivity contribution in [1.82, 2.24) is 0 Å². The molecule has 3 aromatic carbocycles. The molecule has 0 unspecified atom stereocenters. The highest BCUT2D eigenvalue weighted by Gasteiger charge is 2.15. The van der Waals surface area contributed by atoms with Crippen molar-refractivity contribution >= 4 is 29.2 Å². The van der Waals surface area contributed by atoms with Crippen molar-refractivity contribution in [2.75, 3.05) is 5.32 Å². The van der Waals surface area contributed by atoms with Crippen molar-refractivity contribution in [2.24, 2.45) is 16.5 Å². The minimum Gasteiger partial charge on any atom is -0.481 e. The SMILES string of the molecule is NC(N)=Nc1cccc(C(=O)Nc2c(CCC(=O)O)cccc2-c2ccccc2)c1. The summed E-state index contributed by atoms with van der Waals surface area (Å²) in [6, 6.07) is 21.8. The van der Waals surface area contributed by atoms with E-state index < -0.39 is 5.97 Å². The third-order valence-electron chi connectivity index (χ3n) is 4.45. The van der Waals surface area contributed by atoms with Gasteiger partial charge in [0.25, 0.3) is 5.91 Å². The van der Waals surface area contributed by atoms with Crippen LogP contribution in [0.4, 0.5) is 11.4 Å². The maximum atomic E-state index is 13.0. The topological polar surface area (TPSA) is 131 Å². The molecule has 30 heavy (non-hydrogen) atoms. The summed E-state index contributed by atoms with van der Waals surface area (Å²) in [6.45, 7) is 0. The second-order valence-corrected chi connectivity index (χ2v) is 6.64. The van der Waals surface area contributed by atoms with Gasteiger partial charge < -0.3 is 21.9 Å². The summed E-state index contributed by atoms with van der Waals surface area (Å²) in [4.78, 5) is 28.0. The molecule has 0 heterocycles. The van der Waals surface area contributed by atoms with E-state index in [1.165, 1.54) is 0 Å². The molecule has 0 bridgehead atoms. The fourth-order valence-corrected chi connectivity index (χ4v) is 3.11. The Labute approximate surface area is 174 Å². The summed E-state index contributed by atoms with van der Waals surface area (Å²) in [5.74, 6) is -1.34. The Bertz CT molecular complexity index is 1090. The van der Waals surface area contributed by atoms with Gasteiger partial charge in [-0.3, -0.25) is 9.59 Å². The third kappa shape index (κ3) is 5.23. The number of nitrogens with two attached hydrogens (primary N) is 2. The van der Waals surface area contributed by atoms with E-state index in [4.69, 9.17) is 16.6 Å². The van der Waals surface area contributed by atoms with E-state index in [9.17, 15) is 9.59 Å². The van der Waals surface area contributed by atoms with Crippen LogP contribution < -0.4 is 16.8 Å². The van der Waals surface area contributed by atoms with E-state index >= 15 is 0 Å². The van der Waals surface area contributed by atoms with Gasteiger partial charge >= 0.3 is 5.97 Å². The van der Waals surface area contributed by atoms with Gasteiger partial charge in [-0.2, -0.15) is 0 Å². The molecule has 0 atom stereocenters. The first kappa shape index (κ1) is 20.6. The number of hydrogen-bond donors (Lipinski definition) is 4. The summed E-state index contributed by atoms with van der Waals surface area (Å²) < 4.78 is 0. The molecule has 0 aliphatic carbocycles. The van der Waals surface area contributed by atoms with Gasteiger partial charge in [-0.1, -0.05) is 54.6 Å². The Kier molecular flexibility index (Phi) is 6.44. The van der Waals surface area contributed by atoms with Crippen molar-refractivity contribution in [3.8, 4) is 11.1 Å².